The maximum absolute atomic E-state index is 13.7. The lowest BCUT2D eigenvalue weighted by Crippen LogP contribution is -2.51. The van der Waals surface area contributed by atoms with Crippen LogP contribution in [0.25, 0.3) is 0 Å². The zero-order valence-corrected chi connectivity index (χ0v) is 22.1. The van der Waals surface area contributed by atoms with Gasteiger partial charge in [-0.25, -0.2) is 0 Å². The Morgan fingerprint density at radius 2 is 1.72 bits per heavy atom. The molecule has 3 aromatic rings. The Hall–Kier alpha value is -3.31. The maximum Gasteiger partial charge on any atom is 0.261 e. The second-order valence-electron chi connectivity index (χ2n) is 9.06. The van der Waals surface area contributed by atoms with E-state index < -0.39 is 6.04 Å². The van der Waals surface area contributed by atoms with E-state index in [2.05, 4.69) is 12.2 Å². The Labute approximate surface area is 219 Å². The van der Waals surface area contributed by atoms with Gasteiger partial charge in [0, 0.05) is 24.5 Å². The van der Waals surface area contributed by atoms with Crippen molar-refractivity contribution >= 4 is 23.4 Å². The fourth-order valence-corrected chi connectivity index (χ4v) is 4.19. The number of aryl methyl sites for hydroxylation is 2. The van der Waals surface area contributed by atoms with Crippen molar-refractivity contribution in [3.8, 4) is 5.75 Å². The first-order chi connectivity index (χ1) is 17.4. The van der Waals surface area contributed by atoms with Gasteiger partial charge in [0.25, 0.3) is 5.91 Å². The standard InChI is InChI=1S/C30H35ClN2O3/c1-4-5-16-32-30(35)27(19-24-10-7-6-8-11-24)33(20-25-12-9-13-26(31)18-25)29(34)21-36-28-17-22(2)14-15-23(28)3/h6-15,17-18,27H,4-5,16,19-21H2,1-3H3,(H,32,35)/t27-/m1/s1. The Morgan fingerprint density at radius 1 is 0.972 bits per heavy atom. The van der Waals surface area contributed by atoms with Gasteiger partial charge >= 0.3 is 0 Å². The van der Waals surface area contributed by atoms with Gasteiger partial charge in [0.2, 0.25) is 5.91 Å². The molecule has 0 saturated heterocycles. The van der Waals surface area contributed by atoms with Gasteiger partial charge < -0.3 is 15.0 Å². The molecule has 6 heteroatoms. The first kappa shape index (κ1) is 27.3. The summed E-state index contributed by atoms with van der Waals surface area (Å²) in [7, 11) is 0. The summed E-state index contributed by atoms with van der Waals surface area (Å²) in [5.41, 5.74) is 3.83. The van der Waals surface area contributed by atoms with Crippen molar-refractivity contribution in [2.24, 2.45) is 0 Å². The molecule has 190 valence electrons. The quantitative estimate of drug-likeness (QED) is 0.311. The van der Waals surface area contributed by atoms with E-state index in [1.165, 1.54) is 0 Å². The van der Waals surface area contributed by atoms with Crippen LogP contribution in [-0.2, 0) is 22.6 Å². The molecule has 5 nitrogen and oxygen atoms in total. The van der Waals surface area contributed by atoms with Crippen LogP contribution in [0.4, 0.5) is 0 Å². The molecule has 3 aromatic carbocycles. The number of nitrogens with one attached hydrogen (secondary N) is 1. The number of nitrogens with zero attached hydrogens (tertiary/aromatic N) is 1. The van der Waals surface area contributed by atoms with Crippen LogP contribution >= 0.6 is 11.6 Å². The van der Waals surface area contributed by atoms with Crippen LogP contribution in [0.3, 0.4) is 0 Å². The van der Waals surface area contributed by atoms with Crippen molar-refractivity contribution in [2.75, 3.05) is 13.2 Å². The third-order valence-electron chi connectivity index (χ3n) is 6.04. The number of unbranched alkanes of at least 4 members (excludes halogenated alkanes) is 1. The van der Waals surface area contributed by atoms with E-state index >= 15 is 0 Å². The highest BCUT2D eigenvalue weighted by Gasteiger charge is 2.30. The number of carbonyl (C=O) groups is 2. The fraction of sp³-hybridized carbons (Fsp3) is 0.333. The molecule has 0 saturated carbocycles. The van der Waals surface area contributed by atoms with Gasteiger partial charge in [0.1, 0.15) is 11.8 Å². The van der Waals surface area contributed by atoms with E-state index in [0.29, 0.717) is 23.7 Å². The number of benzene rings is 3. The lowest BCUT2D eigenvalue weighted by molar-refractivity contribution is -0.142. The first-order valence-electron chi connectivity index (χ1n) is 12.4. The number of hydrogen-bond acceptors (Lipinski definition) is 3. The number of amides is 2. The number of ether oxygens (including phenoxy) is 1. The highest BCUT2D eigenvalue weighted by Crippen LogP contribution is 2.21. The molecule has 0 aliphatic heterocycles. The lowest BCUT2D eigenvalue weighted by atomic mass is 10.0. The molecule has 1 atom stereocenters. The lowest BCUT2D eigenvalue weighted by Gasteiger charge is -2.31. The topological polar surface area (TPSA) is 58.6 Å². The van der Waals surface area contributed by atoms with Crippen molar-refractivity contribution in [2.45, 2.75) is 52.6 Å². The molecule has 0 unspecified atom stereocenters. The van der Waals surface area contributed by atoms with E-state index in [1.807, 2.05) is 80.6 Å². The second-order valence-corrected chi connectivity index (χ2v) is 9.50. The largest absolute Gasteiger partial charge is 0.483 e. The van der Waals surface area contributed by atoms with E-state index in [1.54, 1.807) is 11.0 Å². The monoisotopic (exact) mass is 506 g/mol. The number of rotatable bonds is 12. The Morgan fingerprint density at radius 3 is 2.44 bits per heavy atom. The minimum atomic E-state index is -0.696. The average Bonchev–Trinajstić information content (AvgIpc) is 2.87. The smallest absolute Gasteiger partial charge is 0.261 e. The summed E-state index contributed by atoms with van der Waals surface area (Å²) in [6.07, 6.45) is 2.24. The Kier molecular flexibility index (Phi) is 10.4. The van der Waals surface area contributed by atoms with E-state index in [9.17, 15) is 9.59 Å². The fourth-order valence-electron chi connectivity index (χ4n) is 3.98. The van der Waals surface area contributed by atoms with Crippen molar-refractivity contribution in [1.82, 2.24) is 10.2 Å². The van der Waals surface area contributed by atoms with E-state index in [-0.39, 0.29) is 25.0 Å². The van der Waals surface area contributed by atoms with Gasteiger partial charge in [0.05, 0.1) is 0 Å². The number of hydrogen-bond donors (Lipinski definition) is 1. The van der Waals surface area contributed by atoms with Gasteiger partial charge in [-0.1, -0.05) is 79.5 Å². The van der Waals surface area contributed by atoms with Crippen LogP contribution in [0, 0.1) is 13.8 Å². The minimum Gasteiger partial charge on any atom is -0.483 e. The van der Waals surface area contributed by atoms with Crippen LogP contribution in [0.2, 0.25) is 5.02 Å². The molecule has 0 bridgehead atoms. The zero-order chi connectivity index (χ0) is 25.9. The van der Waals surface area contributed by atoms with Crippen molar-refractivity contribution in [3.63, 3.8) is 0 Å². The molecule has 36 heavy (non-hydrogen) atoms. The molecule has 0 radical (unpaired) electrons. The number of carbonyl (C=O) groups excluding carboxylic acids is 2. The van der Waals surface area contributed by atoms with Gasteiger partial charge in [-0.05, 0) is 60.7 Å². The molecular weight excluding hydrogens is 472 g/mol. The summed E-state index contributed by atoms with van der Waals surface area (Å²) in [4.78, 5) is 28.7. The van der Waals surface area contributed by atoms with E-state index in [4.69, 9.17) is 16.3 Å². The van der Waals surface area contributed by atoms with Gasteiger partial charge in [-0.15, -0.1) is 0 Å². The maximum atomic E-state index is 13.7. The van der Waals surface area contributed by atoms with Gasteiger partial charge in [-0.2, -0.15) is 0 Å². The summed E-state index contributed by atoms with van der Waals surface area (Å²) < 4.78 is 5.95. The third-order valence-corrected chi connectivity index (χ3v) is 6.27. The van der Waals surface area contributed by atoms with Crippen molar-refractivity contribution < 1.29 is 14.3 Å². The molecule has 1 N–H and O–H groups in total. The minimum absolute atomic E-state index is 0.168. The van der Waals surface area contributed by atoms with Crippen LogP contribution in [0.1, 0.15) is 42.0 Å². The summed E-state index contributed by atoms with van der Waals surface area (Å²) in [5, 5.41) is 3.61. The molecule has 2 amide bonds. The van der Waals surface area contributed by atoms with E-state index in [0.717, 1.165) is 35.1 Å². The van der Waals surface area contributed by atoms with Crippen LogP contribution in [0.5, 0.6) is 5.75 Å². The zero-order valence-electron chi connectivity index (χ0n) is 21.3. The second kappa shape index (κ2) is 13.7. The SMILES string of the molecule is CCCCNC(=O)[C@@H](Cc1ccccc1)N(Cc1cccc(Cl)c1)C(=O)COc1cc(C)ccc1C. The molecule has 0 fully saturated rings. The molecule has 0 spiro atoms. The van der Waals surface area contributed by atoms with Gasteiger partial charge in [0.15, 0.2) is 6.61 Å². The summed E-state index contributed by atoms with van der Waals surface area (Å²) >= 11 is 6.23. The highest BCUT2D eigenvalue weighted by atomic mass is 35.5. The molecule has 0 aliphatic carbocycles. The highest BCUT2D eigenvalue weighted by molar-refractivity contribution is 6.30. The molecule has 0 aromatic heterocycles. The summed E-state index contributed by atoms with van der Waals surface area (Å²) in [6.45, 7) is 6.65. The molecular formula is C30H35ClN2O3. The summed E-state index contributed by atoms with van der Waals surface area (Å²) in [5.74, 6) is 0.231. The van der Waals surface area contributed by atoms with Crippen molar-refractivity contribution in [3.05, 3.63) is 100 Å². The summed E-state index contributed by atoms with van der Waals surface area (Å²) in [6, 6.07) is 22.3. The molecule has 0 aliphatic rings. The first-order valence-corrected chi connectivity index (χ1v) is 12.8. The Balaban J connectivity index is 1.90. The van der Waals surface area contributed by atoms with Crippen molar-refractivity contribution in [1.29, 1.82) is 0 Å². The van der Waals surface area contributed by atoms with Crippen LogP contribution in [-0.4, -0.2) is 35.9 Å². The molecule has 0 heterocycles. The number of halogens is 1. The Bertz CT molecular complexity index is 1150. The predicted octanol–water partition coefficient (Wildman–Crippen LogP) is 5.89. The predicted molar refractivity (Wildman–Crippen MR) is 145 cm³/mol. The van der Waals surface area contributed by atoms with Crippen LogP contribution in [0.15, 0.2) is 72.8 Å². The van der Waals surface area contributed by atoms with Crippen LogP contribution < -0.4 is 10.1 Å². The molecule has 3 rings (SSSR count). The average molecular weight is 507 g/mol. The third kappa shape index (κ3) is 8.13. The normalized spacial score (nSPS) is 11.6. The van der Waals surface area contributed by atoms with Gasteiger partial charge in [-0.3, -0.25) is 9.59 Å².